The highest BCUT2D eigenvalue weighted by Gasteiger charge is 2.21. The Hall–Kier alpha value is -2.76. The number of carbonyl (C=O) groups is 1. The van der Waals surface area contributed by atoms with E-state index >= 15 is 0 Å². The zero-order valence-corrected chi connectivity index (χ0v) is 15.8. The van der Waals surface area contributed by atoms with Crippen molar-refractivity contribution in [2.24, 2.45) is 0 Å². The Balaban J connectivity index is 1.50. The lowest BCUT2D eigenvalue weighted by molar-refractivity contribution is -0.131. The third kappa shape index (κ3) is 4.70. The zero-order valence-electron chi connectivity index (χ0n) is 15.8. The number of halogens is 1. The van der Waals surface area contributed by atoms with E-state index in [-0.39, 0.29) is 11.7 Å². The molecule has 1 saturated heterocycles. The van der Waals surface area contributed by atoms with Gasteiger partial charge in [0.25, 0.3) is 0 Å². The van der Waals surface area contributed by atoms with E-state index in [9.17, 15) is 9.18 Å². The molecular weight excluding hydrogens is 347 g/mol. The van der Waals surface area contributed by atoms with Gasteiger partial charge in [0.2, 0.25) is 5.91 Å². The summed E-state index contributed by atoms with van der Waals surface area (Å²) in [5.74, 6) is 0.766. The fourth-order valence-electron chi connectivity index (χ4n) is 3.30. The van der Waals surface area contributed by atoms with Gasteiger partial charge in [0, 0.05) is 44.4 Å². The summed E-state index contributed by atoms with van der Waals surface area (Å²) in [6.45, 7) is 2.95. The Labute approximate surface area is 159 Å². The number of amides is 1. The third-order valence-electron chi connectivity index (χ3n) is 4.89. The van der Waals surface area contributed by atoms with Gasteiger partial charge in [-0.25, -0.2) is 4.39 Å². The highest BCUT2D eigenvalue weighted by molar-refractivity contribution is 5.76. The minimum atomic E-state index is -0.394. The molecule has 1 amide bonds. The van der Waals surface area contributed by atoms with Gasteiger partial charge in [-0.05, 0) is 36.2 Å². The topological polar surface area (TPSA) is 42.0 Å². The molecule has 0 unspecified atom stereocenters. The van der Waals surface area contributed by atoms with E-state index in [1.807, 2.05) is 23.1 Å². The van der Waals surface area contributed by atoms with Crippen molar-refractivity contribution >= 4 is 11.6 Å². The summed E-state index contributed by atoms with van der Waals surface area (Å²) < 4.78 is 23.9. The van der Waals surface area contributed by atoms with Crippen LogP contribution in [0.4, 0.5) is 10.1 Å². The largest absolute Gasteiger partial charge is 0.497 e. The quantitative estimate of drug-likeness (QED) is 0.781. The van der Waals surface area contributed by atoms with E-state index in [2.05, 4.69) is 11.0 Å². The van der Waals surface area contributed by atoms with Crippen LogP contribution in [0.15, 0.2) is 42.5 Å². The van der Waals surface area contributed by atoms with Gasteiger partial charge in [-0.2, -0.15) is 0 Å². The summed E-state index contributed by atoms with van der Waals surface area (Å²) in [6, 6.07) is 12.8. The number of aryl methyl sites for hydroxylation is 1. The smallest absolute Gasteiger partial charge is 0.223 e. The Morgan fingerprint density at radius 1 is 1.04 bits per heavy atom. The second kappa shape index (κ2) is 8.75. The van der Waals surface area contributed by atoms with Crippen LogP contribution in [0.5, 0.6) is 11.5 Å². The molecule has 0 saturated carbocycles. The van der Waals surface area contributed by atoms with Crippen molar-refractivity contribution in [3.05, 3.63) is 53.8 Å². The van der Waals surface area contributed by atoms with Crippen LogP contribution in [0.3, 0.4) is 0 Å². The first-order valence-corrected chi connectivity index (χ1v) is 9.10. The van der Waals surface area contributed by atoms with E-state index < -0.39 is 5.82 Å². The molecule has 1 aliphatic rings. The van der Waals surface area contributed by atoms with Gasteiger partial charge in [0.05, 0.1) is 14.2 Å². The molecule has 5 nitrogen and oxygen atoms in total. The third-order valence-corrected chi connectivity index (χ3v) is 4.89. The Kier molecular flexibility index (Phi) is 6.16. The maximum absolute atomic E-state index is 13.8. The highest BCUT2D eigenvalue weighted by Crippen LogP contribution is 2.23. The average molecular weight is 372 g/mol. The van der Waals surface area contributed by atoms with Crippen molar-refractivity contribution < 1.29 is 18.7 Å². The summed E-state index contributed by atoms with van der Waals surface area (Å²) in [6.07, 6.45) is 0.904. The zero-order chi connectivity index (χ0) is 19.2. The normalized spacial score (nSPS) is 14.2. The molecule has 3 rings (SSSR count). The van der Waals surface area contributed by atoms with E-state index in [4.69, 9.17) is 9.47 Å². The van der Waals surface area contributed by atoms with Crippen LogP contribution in [-0.4, -0.2) is 51.2 Å². The van der Waals surface area contributed by atoms with Gasteiger partial charge in [0.1, 0.15) is 5.75 Å². The number of methoxy groups -OCH3 is 2. The Morgan fingerprint density at radius 3 is 2.48 bits per heavy atom. The summed E-state index contributed by atoms with van der Waals surface area (Å²) >= 11 is 0. The van der Waals surface area contributed by atoms with E-state index in [0.29, 0.717) is 25.9 Å². The second-order valence-electron chi connectivity index (χ2n) is 6.54. The molecule has 0 radical (unpaired) electrons. The molecule has 1 heterocycles. The van der Waals surface area contributed by atoms with E-state index in [0.717, 1.165) is 30.1 Å². The van der Waals surface area contributed by atoms with E-state index in [1.165, 1.54) is 13.2 Å². The standard InChI is InChI=1S/C21H25FN2O3/c1-26-18-5-3-4-17(15-18)23-10-12-24(13-11-23)21(25)9-7-16-6-8-20(27-2)19(22)14-16/h3-6,8,14-15H,7,9-13H2,1-2H3. The molecule has 0 bridgehead atoms. The minimum absolute atomic E-state index is 0.108. The molecule has 1 aliphatic heterocycles. The van der Waals surface area contributed by atoms with Gasteiger partial charge in [-0.1, -0.05) is 12.1 Å². The molecule has 27 heavy (non-hydrogen) atoms. The van der Waals surface area contributed by atoms with Crippen molar-refractivity contribution in [1.82, 2.24) is 4.90 Å². The van der Waals surface area contributed by atoms with Gasteiger partial charge in [0.15, 0.2) is 11.6 Å². The fraction of sp³-hybridized carbons (Fsp3) is 0.381. The lowest BCUT2D eigenvalue weighted by Gasteiger charge is -2.36. The fourth-order valence-corrected chi connectivity index (χ4v) is 3.30. The van der Waals surface area contributed by atoms with E-state index in [1.54, 1.807) is 19.2 Å². The first kappa shape index (κ1) is 19.0. The summed E-state index contributed by atoms with van der Waals surface area (Å²) in [7, 11) is 3.09. The first-order valence-electron chi connectivity index (χ1n) is 9.10. The monoisotopic (exact) mass is 372 g/mol. The Morgan fingerprint density at radius 2 is 1.81 bits per heavy atom. The number of hydrogen-bond acceptors (Lipinski definition) is 4. The van der Waals surface area contributed by atoms with Crippen LogP contribution in [0.1, 0.15) is 12.0 Å². The maximum Gasteiger partial charge on any atom is 0.223 e. The maximum atomic E-state index is 13.8. The van der Waals surface area contributed by atoms with Crippen LogP contribution in [0.25, 0.3) is 0 Å². The lowest BCUT2D eigenvalue weighted by Crippen LogP contribution is -2.48. The summed E-state index contributed by atoms with van der Waals surface area (Å²) in [5.41, 5.74) is 1.91. The van der Waals surface area contributed by atoms with Gasteiger partial charge in [-0.15, -0.1) is 0 Å². The second-order valence-corrected chi connectivity index (χ2v) is 6.54. The molecule has 1 fully saturated rings. The average Bonchev–Trinajstić information content (AvgIpc) is 2.72. The number of hydrogen-bond donors (Lipinski definition) is 0. The number of benzene rings is 2. The number of ether oxygens (including phenoxy) is 2. The van der Waals surface area contributed by atoms with Crippen LogP contribution in [0.2, 0.25) is 0 Å². The molecule has 0 atom stereocenters. The number of piperazine rings is 1. The molecule has 2 aromatic carbocycles. The number of rotatable bonds is 6. The minimum Gasteiger partial charge on any atom is -0.497 e. The molecular formula is C21H25FN2O3. The van der Waals surface area contributed by atoms with Crippen LogP contribution >= 0.6 is 0 Å². The first-order chi connectivity index (χ1) is 13.1. The summed E-state index contributed by atoms with van der Waals surface area (Å²) in [5, 5.41) is 0. The predicted octanol–water partition coefficient (Wildman–Crippen LogP) is 3.12. The van der Waals surface area contributed by atoms with Crippen LogP contribution in [-0.2, 0) is 11.2 Å². The molecule has 0 aliphatic carbocycles. The van der Waals surface area contributed by atoms with Crippen molar-refractivity contribution in [3.63, 3.8) is 0 Å². The highest BCUT2D eigenvalue weighted by atomic mass is 19.1. The number of anilines is 1. The SMILES string of the molecule is COc1cccc(N2CCN(C(=O)CCc3ccc(OC)c(F)c3)CC2)c1. The predicted molar refractivity (Wildman–Crippen MR) is 103 cm³/mol. The van der Waals surface area contributed by atoms with Gasteiger partial charge >= 0.3 is 0 Å². The summed E-state index contributed by atoms with van der Waals surface area (Å²) in [4.78, 5) is 16.6. The van der Waals surface area contributed by atoms with Crippen molar-refractivity contribution in [1.29, 1.82) is 0 Å². The van der Waals surface area contributed by atoms with Crippen molar-refractivity contribution in [2.75, 3.05) is 45.3 Å². The molecule has 6 heteroatoms. The Bertz CT molecular complexity index is 789. The number of nitrogens with zero attached hydrogens (tertiary/aromatic N) is 2. The van der Waals surface area contributed by atoms with Crippen molar-refractivity contribution in [3.8, 4) is 11.5 Å². The molecule has 0 aromatic heterocycles. The van der Waals surface area contributed by atoms with Crippen LogP contribution < -0.4 is 14.4 Å². The lowest BCUT2D eigenvalue weighted by atomic mass is 10.1. The molecule has 0 N–H and O–H groups in total. The van der Waals surface area contributed by atoms with Gasteiger partial charge < -0.3 is 19.3 Å². The molecule has 144 valence electrons. The number of carbonyl (C=O) groups excluding carboxylic acids is 1. The van der Waals surface area contributed by atoms with Gasteiger partial charge in [-0.3, -0.25) is 4.79 Å². The molecule has 0 spiro atoms. The van der Waals surface area contributed by atoms with Crippen molar-refractivity contribution in [2.45, 2.75) is 12.8 Å². The van der Waals surface area contributed by atoms with Crippen LogP contribution in [0, 0.1) is 5.82 Å². The molecule has 2 aromatic rings.